The number of aromatic nitrogens is 2. The van der Waals surface area contributed by atoms with Crippen molar-refractivity contribution in [1.82, 2.24) is 14.9 Å². The summed E-state index contributed by atoms with van der Waals surface area (Å²) in [6.07, 6.45) is 2.10. The van der Waals surface area contributed by atoms with E-state index in [0.29, 0.717) is 37.5 Å². The van der Waals surface area contributed by atoms with Gasteiger partial charge in [0, 0.05) is 25.2 Å². The second-order valence-electron chi connectivity index (χ2n) is 5.61. The minimum absolute atomic E-state index is 0.134. The molecule has 24 heavy (non-hydrogen) atoms. The standard InChI is InChI=1S/C16H18N4O3S/c1-20-6-11(5-17)4-14(20)16(21)19-13-2-3-22-8-15(13)23-7-12-9-24-10-18-12/h4,6,9-10,13,15H,2-3,7-8H2,1H3,(H,19,21)/t13-,15-/m1/s1. The SMILES string of the molecule is Cn1cc(C#N)cc1C(=O)N[C@@H]1CCOC[C@H]1OCc1cscn1. The molecule has 2 aromatic rings. The average Bonchev–Trinajstić information content (AvgIpc) is 3.23. The molecule has 2 atom stereocenters. The van der Waals surface area contributed by atoms with Crippen molar-refractivity contribution >= 4 is 17.2 Å². The minimum Gasteiger partial charge on any atom is -0.379 e. The van der Waals surface area contributed by atoms with Gasteiger partial charge in [-0.05, 0) is 12.5 Å². The number of aryl methyl sites for hydroxylation is 1. The fourth-order valence-electron chi connectivity index (χ4n) is 2.64. The number of nitrogens with one attached hydrogen (secondary N) is 1. The molecule has 1 saturated heterocycles. The first-order valence-electron chi connectivity index (χ1n) is 7.61. The van der Waals surface area contributed by atoms with E-state index in [-0.39, 0.29) is 18.1 Å². The number of ether oxygens (including phenoxy) is 2. The molecule has 1 aliphatic rings. The van der Waals surface area contributed by atoms with Crippen LogP contribution < -0.4 is 5.32 Å². The fraction of sp³-hybridized carbons (Fsp3) is 0.438. The van der Waals surface area contributed by atoms with Crippen LogP contribution in [-0.2, 0) is 23.1 Å². The van der Waals surface area contributed by atoms with Crippen LogP contribution in [-0.4, -0.2) is 40.8 Å². The Balaban J connectivity index is 1.63. The maximum atomic E-state index is 12.5. The van der Waals surface area contributed by atoms with Gasteiger partial charge in [0.1, 0.15) is 17.9 Å². The Labute approximate surface area is 143 Å². The predicted molar refractivity (Wildman–Crippen MR) is 87.5 cm³/mol. The highest BCUT2D eigenvalue weighted by molar-refractivity contribution is 7.07. The molecule has 3 heterocycles. The van der Waals surface area contributed by atoms with Crippen molar-refractivity contribution in [3.05, 3.63) is 40.1 Å². The largest absolute Gasteiger partial charge is 0.379 e. The van der Waals surface area contributed by atoms with E-state index in [0.717, 1.165) is 5.69 Å². The summed E-state index contributed by atoms with van der Waals surface area (Å²) >= 11 is 1.52. The van der Waals surface area contributed by atoms with Gasteiger partial charge in [-0.25, -0.2) is 4.98 Å². The van der Waals surface area contributed by atoms with Gasteiger partial charge in [-0.3, -0.25) is 4.79 Å². The number of thiazole rings is 1. The van der Waals surface area contributed by atoms with E-state index in [1.165, 1.54) is 11.3 Å². The van der Waals surface area contributed by atoms with E-state index in [1.807, 2.05) is 11.4 Å². The van der Waals surface area contributed by atoms with Gasteiger partial charge in [-0.2, -0.15) is 5.26 Å². The van der Waals surface area contributed by atoms with Crippen LogP contribution in [0.1, 0.15) is 28.2 Å². The molecular weight excluding hydrogens is 328 g/mol. The molecule has 1 aliphatic heterocycles. The summed E-state index contributed by atoms with van der Waals surface area (Å²) in [7, 11) is 1.75. The molecule has 7 nitrogen and oxygen atoms in total. The van der Waals surface area contributed by atoms with Gasteiger partial charge < -0.3 is 19.4 Å². The molecule has 0 unspecified atom stereocenters. The van der Waals surface area contributed by atoms with Crippen LogP contribution in [0.25, 0.3) is 0 Å². The smallest absolute Gasteiger partial charge is 0.268 e. The summed E-state index contributed by atoms with van der Waals surface area (Å²) in [5, 5.41) is 13.9. The van der Waals surface area contributed by atoms with E-state index in [2.05, 4.69) is 10.3 Å². The quantitative estimate of drug-likeness (QED) is 0.885. The van der Waals surface area contributed by atoms with Crippen molar-refractivity contribution in [3.63, 3.8) is 0 Å². The average molecular weight is 346 g/mol. The van der Waals surface area contributed by atoms with Gasteiger partial charge in [0.2, 0.25) is 0 Å². The molecule has 1 fully saturated rings. The highest BCUT2D eigenvalue weighted by Gasteiger charge is 2.29. The zero-order valence-electron chi connectivity index (χ0n) is 13.3. The second kappa shape index (κ2) is 7.57. The second-order valence-corrected chi connectivity index (χ2v) is 6.33. The molecule has 8 heteroatoms. The van der Waals surface area contributed by atoms with Gasteiger partial charge in [0.05, 0.1) is 36.0 Å². The van der Waals surface area contributed by atoms with E-state index in [9.17, 15) is 4.79 Å². The third-order valence-corrected chi connectivity index (χ3v) is 4.55. The zero-order valence-corrected chi connectivity index (χ0v) is 14.1. The Hall–Kier alpha value is -2.21. The molecule has 0 bridgehead atoms. The highest BCUT2D eigenvalue weighted by Crippen LogP contribution is 2.15. The zero-order chi connectivity index (χ0) is 16.9. The summed E-state index contributed by atoms with van der Waals surface area (Å²) in [4.78, 5) is 16.7. The number of hydrogen-bond donors (Lipinski definition) is 1. The predicted octanol–water partition coefficient (Wildman–Crippen LogP) is 1.46. The topological polar surface area (TPSA) is 89.2 Å². The molecule has 1 N–H and O–H groups in total. The van der Waals surface area contributed by atoms with Crippen molar-refractivity contribution in [2.75, 3.05) is 13.2 Å². The summed E-state index contributed by atoms with van der Waals surface area (Å²) < 4.78 is 13.0. The van der Waals surface area contributed by atoms with Crippen molar-refractivity contribution in [2.24, 2.45) is 7.05 Å². The molecule has 126 valence electrons. The third-order valence-electron chi connectivity index (χ3n) is 3.92. The van der Waals surface area contributed by atoms with E-state index in [4.69, 9.17) is 14.7 Å². The first-order chi connectivity index (χ1) is 11.7. The van der Waals surface area contributed by atoms with Crippen molar-refractivity contribution in [3.8, 4) is 6.07 Å². The van der Waals surface area contributed by atoms with Gasteiger partial charge in [-0.15, -0.1) is 11.3 Å². The number of hydrogen-bond acceptors (Lipinski definition) is 6. The van der Waals surface area contributed by atoms with Gasteiger partial charge >= 0.3 is 0 Å². The molecule has 2 aromatic heterocycles. The Morgan fingerprint density at radius 2 is 2.54 bits per heavy atom. The monoisotopic (exact) mass is 346 g/mol. The van der Waals surface area contributed by atoms with Crippen LogP contribution in [0.3, 0.4) is 0 Å². The minimum atomic E-state index is -0.222. The molecule has 0 radical (unpaired) electrons. The summed E-state index contributed by atoms with van der Waals surface area (Å²) in [6.45, 7) is 1.41. The maximum Gasteiger partial charge on any atom is 0.268 e. The van der Waals surface area contributed by atoms with Gasteiger partial charge in [0.15, 0.2) is 0 Å². The first-order valence-corrected chi connectivity index (χ1v) is 8.55. The van der Waals surface area contributed by atoms with Gasteiger partial charge in [0.25, 0.3) is 5.91 Å². The fourth-order valence-corrected chi connectivity index (χ4v) is 3.18. The Morgan fingerprint density at radius 3 is 3.25 bits per heavy atom. The Morgan fingerprint density at radius 1 is 1.67 bits per heavy atom. The molecular formula is C16H18N4O3S. The van der Waals surface area contributed by atoms with Crippen LogP contribution >= 0.6 is 11.3 Å². The molecule has 1 amide bonds. The lowest BCUT2D eigenvalue weighted by Gasteiger charge is -2.32. The molecule has 0 aromatic carbocycles. The van der Waals surface area contributed by atoms with Crippen LogP contribution in [0.4, 0.5) is 0 Å². The van der Waals surface area contributed by atoms with Crippen LogP contribution in [0.15, 0.2) is 23.2 Å². The molecule has 0 spiro atoms. The van der Waals surface area contributed by atoms with E-state index < -0.39 is 0 Å². The first kappa shape index (κ1) is 16.6. The summed E-state index contributed by atoms with van der Waals surface area (Å²) in [6, 6.07) is 3.49. The molecule has 0 saturated carbocycles. The third kappa shape index (κ3) is 3.82. The number of carbonyl (C=O) groups is 1. The number of nitriles is 1. The van der Waals surface area contributed by atoms with E-state index in [1.54, 1.807) is 29.4 Å². The lowest BCUT2D eigenvalue weighted by atomic mass is 10.1. The van der Waals surface area contributed by atoms with Crippen LogP contribution in [0, 0.1) is 11.3 Å². The van der Waals surface area contributed by atoms with Gasteiger partial charge in [-0.1, -0.05) is 0 Å². The summed E-state index contributed by atoms with van der Waals surface area (Å²) in [5.74, 6) is -0.215. The van der Waals surface area contributed by atoms with Crippen LogP contribution in [0.2, 0.25) is 0 Å². The molecule has 3 rings (SSSR count). The molecule has 0 aliphatic carbocycles. The van der Waals surface area contributed by atoms with Crippen molar-refractivity contribution < 1.29 is 14.3 Å². The van der Waals surface area contributed by atoms with E-state index >= 15 is 0 Å². The number of rotatable bonds is 5. The number of nitrogens with zero attached hydrogens (tertiary/aromatic N) is 3. The number of carbonyl (C=O) groups excluding carboxylic acids is 1. The highest BCUT2D eigenvalue weighted by atomic mass is 32.1. The van der Waals surface area contributed by atoms with Crippen molar-refractivity contribution in [2.45, 2.75) is 25.2 Å². The summed E-state index contributed by atoms with van der Waals surface area (Å²) in [5.41, 5.74) is 3.55. The lowest BCUT2D eigenvalue weighted by molar-refractivity contribution is -0.0742. The normalized spacial score (nSPS) is 20.5. The number of amides is 1. The lowest BCUT2D eigenvalue weighted by Crippen LogP contribution is -2.50. The van der Waals surface area contributed by atoms with Crippen LogP contribution in [0.5, 0.6) is 0 Å². The Kier molecular flexibility index (Phi) is 5.25. The maximum absolute atomic E-state index is 12.5. The van der Waals surface area contributed by atoms with Crippen molar-refractivity contribution in [1.29, 1.82) is 5.26 Å². The Bertz CT molecular complexity index is 735.